The van der Waals surface area contributed by atoms with E-state index in [-0.39, 0.29) is 5.75 Å². The van der Waals surface area contributed by atoms with Crippen LogP contribution in [-0.2, 0) is 29.1 Å². The molecule has 3 aromatic carbocycles. The Hall–Kier alpha value is -3.60. The molecule has 3 aromatic rings. The Kier molecular flexibility index (Phi) is 7.00. The Labute approximate surface area is 170 Å². The van der Waals surface area contributed by atoms with Crippen LogP contribution in [0, 0.1) is 0 Å². The zero-order valence-corrected chi connectivity index (χ0v) is 16.1. The topological polar surface area (TPSA) is 69.6 Å². The van der Waals surface area contributed by atoms with Crippen LogP contribution >= 0.6 is 0 Å². The summed E-state index contributed by atoms with van der Waals surface area (Å²) in [4.78, 5) is 26.8. The van der Waals surface area contributed by atoms with Gasteiger partial charge in [0.15, 0.2) is 0 Å². The molecule has 2 N–H and O–H groups in total. The summed E-state index contributed by atoms with van der Waals surface area (Å²) in [7, 11) is 0. The number of rotatable bonds is 7. The van der Waals surface area contributed by atoms with E-state index in [9.17, 15) is 14.7 Å². The van der Waals surface area contributed by atoms with Gasteiger partial charge in [-0.1, -0.05) is 72.8 Å². The lowest BCUT2D eigenvalue weighted by molar-refractivity contribution is -0.146. The molecule has 29 heavy (non-hydrogen) atoms. The first kappa shape index (κ1) is 20.1. The maximum atomic E-state index is 12.8. The summed E-state index contributed by atoms with van der Waals surface area (Å²) in [6.07, 6.45) is 0.580. The molecule has 0 spiro atoms. The molecule has 5 heteroatoms. The van der Waals surface area contributed by atoms with Crippen molar-refractivity contribution in [2.75, 3.05) is 6.54 Å². The zero-order chi connectivity index (χ0) is 20.5. The maximum Gasteiger partial charge on any atom is 0.312 e. The molecule has 0 bridgehead atoms. The SMILES string of the molecule is O=C(NCCc1ccc(O)cc1)C(=O)N(Cc1ccccc1)Cc1ccccc1. The molecule has 0 fully saturated rings. The number of nitrogens with zero attached hydrogens (tertiary/aromatic N) is 1. The number of phenols is 1. The first-order valence-corrected chi connectivity index (χ1v) is 9.54. The standard InChI is InChI=1S/C24H24N2O3/c27-22-13-11-19(12-14-22)15-16-25-23(28)24(29)26(17-20-7-3-1-4-8-20)18-21-9-5-2-6-10-21/h1-14,27H,15-18H2,(H,25,28). The van der Waals surface area contributed by atoms with Crippen LogP contribution in [0.25, 0.3) is 0 Å². The lowest BCUT2D eigenvalue weighted by Crippen LogP contribution is -2.42. The molecule has 148 valence electrons. The van der Waals surface area contributed by atoms with Crippen LogP contribution < -0.4 is 5.32 Å². The van der Waals surface area contributed by atoms with E-state index in [1.807, 2.05) is 60.7 Å². The predicted molar refractivity (Wildman–Crippen MR) is 112 cm³/mol. The largest absolute Gasteiger partial charge is 0.508 e. The molecule has 5 nitrogen and oxygen atoms in total. The van der Waals surface area contributed by atoms with E-state index in [4.69, 9.17) is 0 Å². The van der Waals surface area contributed by atoms with Gasteiger partial charge in [0, 0.05) is 19.6 Å². The Morgan fingerprint density at radius 1 is 0.724 bits per heavy atom. The second kappa shape index (κ2) is 10.1. The number of hydrogen-bond donors (Lipinski definition) is 2. The number of carbonyl (C=O) groups is 2. The Morgan fingerprint density at radius 3 is 1.76 bits per heavy atom. The van der Waals surface area contributed by atoms with Crippen LogP contribution in [-0.4, -0.2) is 28.4 Å². The Morgan fingerprint density at radius 2 is 1.24 bits per heavy atom. The summed E-state index contributed by atoms with van der Waals surface area (Å²) < 4.78 is 0. The Bertz CT molecular complexity index is 884. The van der Waals surface area contributed by atoms with Gasteiger partial charge in [0.05, 0.1) is 0 Å². The van der Waals surface area contributed by atoms with Gasteiger partial charge in [0.2, 0.25) is 0 Å². The van der Waals surface area contributed by atoms with Gasteiger partial charge in [-0.15, -0.1) is 0 Å². The number of hydrogen-bond acceptors (Lipinski definition) is 3. The predicted octanol–water partition coefficient (Wildman–Crippen LogP) is 3.28. The third-order valence-corrected chi connectivity index (χ3v) is 4.55. The van der Waals surface area contributed by atoms with Crippen molar-refractivity contribution in [2.45, 2.75) is 19.5 Å². The molecule has 3 rings (SSSR count). The molecular weight excluding hydrogens is 364 g/mol. The first-order valence-electron chi connectivity index (χ1n) is 9.54. The number of carbonyl (C=O) groups excluding carboxylic acids is 2. The average Bonchev–Trinajstić information content (AvgIpc) is 2.75. The van der Waals surface area contributed by atoms with Crippen LogP contribution in [0.2, 0.25) is 0 Å². The van der Waals surface area contributed by atoms with Crippen LogP contribution in [0.15, 0.2) is 84.9 Å². The van der Waals surface area contributed by atoms with E-state index in [0.29, 0.717) is 26.1 Å². The third kappa shape index (κ3) is 6.21. The second-order valence-corrected chi connectivity index (χ2v) is 6.80. The van der Waals surface area contributed by atoms with Crippen molar-refractivity contribution in [3.05, 3.63) is 102 Å². The summed E-state index contributed by atoms with van der Waals surface area (Å²) in [6.45, 7) is 1.07. The highest BCUT2D eigenvalue weighted by molar-refractivity contribution is 6.34. The molecule has 0 aromatic heterocycles. The number of benzene rings is 3. The smallest absolute Gasteiger partial charge is 0.312 e. The fourth-order valence-electron chi connectivity index (χ4n) is 3.01. The van der Waals surface area contributed by atoms with Crippen LogP contribution in [0.5, 0.6) is 5.75 Å². The van der Waals surface area contributed by atoms with E-state index >= 15 is 0 Å². The lowest BCUT2D eigenvalue weighted by Gasteiger charge is -2.22. The molecule has 0 aliphatic heterocycles. The number of phenolic OH excluding ortho intramolecular Hbond substituents is 1. The molecule has 2 amide bonds. The molecule has 0 aliphatic carbocycles. The molecule has 0 atom stereocenters. The number of aromatic hydroxyl groups is 1. The highest BCUT2D eigenvalue weighted by atomic mass is 16.3. The average molecular weight is 388 g/mol. The van der Waals surface area contributed by atoms with E-state index < -0.39 is 11.8 Å². The summed E-state index contributed by atoms with van der Waals surface area (Å²) in [5, 5.41) is 12.0. The number of amides is 2. The van der Waals surface area contributed by atoms with E-state index in [2.05, 4.69) is 5.32 Å². The minimum Gasteiger partial charge on any atom is -0.508 e. The summed E-state index contributed by atoms with van der Waals surface area (Å²) in [5.41, 5.74) is 2.91. The summed E-state index contributed by atoms with van der Waals surface area (Å²) in [6, 6.07) is 26.0. The van der Waals surface area contributed by atoms with Crippen molar-refractivity contribution in [3.63, 3.8) is 0 Å². The van der Waals surface area contributed by atoms with Gasteiger partial charge in [-0.25, -0.2) is 0 Å². The lowest BCUT2D eigenvalue weighted by atomic mass is 10.1. The van der Waals surface area contributed by atoms with Crippen molar-refractivity contribution in [1.82, 2.24) is 10.2 Å². The highest BCUT2D eigenvalue weighted by Crippen LogP contribution is 2.11. The fourth-order valence-corrected chi connectivity index (χ4v) is 3.01. The van der Waals surface area contributed by atoms with Gasteiger partial charge in [-0.3, -0.25) is 9.59 Å². The fraction of sp³-hybridized carbons (Fsp3) is 0.167. The van der Waals surface area contributed by atoms with Crippen LogP contribution in [0.1, 0.15) is 16.7 Å². The molecular formula is C24H24N2O3. The molecule has 0 saturated heterocycles. The quantitative estimate of drug-likeness (QED) is 0.611. The first-order chi connectivity index (χ1) is 14.1. The summed E-state index contributed by atoms with van der Waals surface area (Å²) in [5.74, 6) is -0.968. The normalized spacial score (nSPS) is 10.3. The van der Waals surface area contributed by atoms with Crippen molar-refractivity contribution < 1.29 is 14.7 Å². The monoisotopic (exact) mass is 388 g/mol. The molecule has 0 radical (unpaired) electrons. The van der Waals surface area contributed by atoms with Gasteiger partial charge in [0.25, 0.3) is 0 Å². The van der Waals surface area contributed by atoms with Crippen LogP contribution in [0.3, 0.4) is 0 Å². The van der Waals surface area contributed by atoms with Gasteiger partial charge in [0.1, 0.15) is 5.75 Å². The minimum absolute atomic E-state index is 0.199. The Balaban J connectivity index is 1.62. The van der Waals surface area contributed by atoms with E-state index in [1.54, 1.807) is 29.2 Å². The van der Waals surface area contributed by atoms with Gasteiger partial charge < -0.3 is 15.3 Å². The molecule has 0 saturated carbocycles. The van der Waals surface area contributed by atoms with Crippen molar-refractivity contribution in [3.8, 4) is 5.75 Å². The highest BCUT2D eigenvalue weighted by Gasteiger charge is 2.22. The van der Waals surface area contributed by atoms with Gasteiger partial charge in [-0.05, 0) is 35.2 Å². The second-order valence-electron chi connectivity index (χ2n) is 6.80. The van der Waals surface area contributed by atoms with Crippen LogP contribution in [0.4, 0.5) is 0 Å². The van der Waals surface area contributed by atoms with Crippen molar-refractivity contribution in [2.24, 2.45) is 0 Å². The molecule has 0 aliphatic rings. The molecule has 0 unspecified atom stereocenters. The zero-order valence-electron chi connectivity index (χ0n) is 16.1. The van der Waals surface area contributed by atoms with Gasteiger partial charge >= 0.3 is 11.8 Å². The minimum atomic E-state index is -0.615. The van der Waals surface area contributed by atoms with E-state index in [1.165, 1.54) is 0 Å². The number of nitrogens with one attached hydrogen (secondary N) is 1. The van der Waals surface area contributed by atoms with Crippen molar-refractivity contribution >= 4 is 11.8 Å². The van der Waals surface area contributed by atoms with Crippen molar-refractivity contribution in [1.29, 1.82) is 0 Å². The van der Waals surface area contributed by atoms with Gasteiger partial charge in [-0.2, -0.15) is 0 Å². The third-order valence-electron chi connectivity index (χ3n) is 4.55. The summed E-state index contributed by atoms with van der Waals surface area (Å²) >= 11 is 0. The molecule has 0 heterocycles. The van der Waals surface area contributed by atoms with E-state index in [0.717, 1.165) is 16.7 Å². The maximum absolute atomic E-state index is 12.8.